The van der Waals surface area contributed by atoms with Crippen molar-refractivity contribution in [1.82, 2.24) is 15.3 Å². The summed E-state index contributed by atoms with van der Waals surface area (Å²) >= 11 is 2.89. The SMILES string of the molecule is Cc1ncsc1CNC(=O)Cc1csc(N)n1. The van der Waals surface area contributed by atoms with Crippen LogP contribution in [0.25, 0.3) is 0 Å². The molecule has 0 aliphatic carbocycles. The molecule has 0 radical (unpaired) electrons. The first-order chi connectivity index (χ1) is 8.15. The van der Waals surface area contributed by atoms with Crippen LogP contribution in [-0.2, 0) is 17.8 Å². The van der Waals surface area contributed by atoms with Gasteiger partial charge in [0.25, 0.3) is 0 Å². The summed E-state index contributed by atoms with van der Waals surface area (Å²) in [5.41, 5.74) is 8.95. The quantitative estimate of drug-likeness (QED) is 0.877. The summed E-state index contributed by atoms with van der Waals surface area (Å²) < 4.78 is 0. The van der Waals surface area contributed by atoms with Gasteiger partial charge in [-0.3, -0.25) is 4.79 Å². The Balaban J connectivity index is 1.84. The zero-order chi connectivity index (χ0) is 12.3. The lowest BCUT2D eigenvalue weighted by Gasteiger charge is -2.02. The maximum Gasteiger partial charge on any atom is 0.226 e. The number of nitrogens with one attached hydrogen (secondary N) is 1. The van der Waals surface area contributed by atoms with Gasteiger partial charge in [0.1, 0.15) is 0 Å². The summed E-state index contributed by atoms with van der Waals surface area (Å²) in [6.45, 7) is 2.45. The Bertz CT molecular complexity index is 520. The lowest BCUT2D eigenvalue weighted by molar-refractivity contribution is -0.120. The Hall–Kier alpha value is -1.47. The van der Waals surface area contributed by atoms with E-state index >= 15 is 0 Å². The average molecular weight is 268 g/mol. The number of hydrogen-bond donors (Lipinski definition) is 2. The fourth-order valence-electron chi connectivity index (χ4n) is 1.31. The Labute approximate surface area is 107 Å². The van der Waals surface area contributed by atoms with Gasteiger partial charge in [0.15, 0.2) is 5.13 Å². The normalized spacial score (nSPS) is 10.4. The zero-order valence-electron chi connectivity index (χ0n) is 9.27. The monoisotopic (exact) mass is 268 g/mol. The van der Waals surface area contributed by atoms with Gasteiger partial charge in [-0.05, 0) is 6.92 Å². The summed E-state index contributed by atoms with van der Waals surface area (Å²) in [6.07, 6.45) is 0.269. The fraction of sp³-hybridized carbons (Fsp3) is 0.300. The lowest BCUT2D eigenvalue weighted by atomic mass is 10.3. The van der Waals surface area contributed by atoms with Gasteiger partial charge in [0.05, 0.1) is 29.9 Å². The third kappa shape index (κ3) is 3.24. The molecule has 5 nitrogen and oxygen atoms in total. The first-order valence-electron chi connectivity index (χ1n) is 5.00. The standard InChI is InChI=1S/C10H12N4OS2/c1-6-8(17-5-13-6)3-12-9(15)2-7-4-16-10(11)14-7/h4-5H,2-3H2,1H3,(H2,11,14)(H,12,15). The minimum absolute atomic E-state index is 0.0527. The molecule has 0 bridgehead atoms. The number of anilines is 1. The van der Waals surface area contributed by atoms with Crippen molar-refractivity contribution in [2.24, 2.45) is 0 Å². The molecule has 90 valence electrons. The van der Waals surface area contributed by atoms with Crippen molar-refractivity contribution in [2.75, 3.05) is 5.73 Å². The summed E-state index contributed by atoms with van der Waals surface area (Å²) in [5, 5.41) is 5.13. The smallest absolute Gasteiger partial charge is 0.226 e. The third-order valence-corrected chi connectivity index (χ3v) is 3.86. The number of carbonyl (C=O) groups excluding carboxylic acids is 1. The number of rotatable bonds is 4. The van der Waals surface area contributed by atoms with Gasteiger partial charge >= 0.3 is 0 Å². The maximum absolute atomic E-state index is 11.6. The van der Waals surface area contributed by atoms with Crippen LogP contribution < -0.4 is 11.1 Å². The summed E-state index contributed by atoms with van der Waals surface area (Å²) in [6, 6.07) is 0. The number of nitrogens with two attached hydrogens (primary N) is 1. The molecule has 17 heavy (non-hydrogen) atoms. The zero-order valence-corrected chi connectivity index (χ0v) is 10.9. The van der Waals surface area contributed by atoms with Crippen LogP contribution >= 0.6 is 22.7 Å². The second kappa shape index (κ2) is 5.24. The molecule has 2 heterocycles. The number of thiazole rings is 2. The van der Waals surface area contributed by atoms with E-state index in [1.54, 1.807) is 22.2 Å². The first kappa shape index (κ1) is 12.0. The van der Waals surface area contributed by atoms with E-state index in [0.29, 0.717) is 17.4 Å². The number of hydrogen-bond acceptors (Lipinski definition) is 6. The second-order valence-corrected chi connectivity index (χ2v) is 5.32. The van der Waals surface area contributed by atoms with Crippen LogP contribution in [0.2, 0.25) is 0 Å². The van der Waals surface area contributed by atoms with Gasteiger partial charge in [-0.25, -0.2) is 9.97 Å². The van der Waals surface area contributed by atoms with Crippen molar-refractivity contribution in [3.63, 3.8) is 0 Å². The number of nitrogens with zero attached hydrogens (tertiary/aromatic N) is 2. The van der Waals surface area contributed by atoms with Gasteiger partial charge in [-0.1, -0.05) is 0 Å². The molecular formula is C10H12N4OS2. The minimum atomic E-state index is -0.0527. The summed E-state index contributed by atoms with van der Waals surface area (Å²) in [7, 11) is 0. The molecule has 0 atom stereocenters. The van der Waals surface area contributed by atoms with E-state index in [0.717, 1.165) is 10.6 Å². The van der Waals surface area contributed by atoms with E-state index in [4.69, 9.17) is 5.73 Å². The molecule has 1 amide bonds. The number of amides is 1. The molecule has 2 aromatic rings. The minimum Gasteiger partial charge on any atom is -0.375 e. The highest BCUT2D eigenvalue weighted by Gasteiger charge is 2.08. The molecule has 0 saturated carbocycles. The predicted octanol–water partition coefficient (Wildman–Crippen LogP) is 1.35. The summed E-state index contributed by atoms with van der Waals surface area (Å²) in [5.74, 6) is -0.0527. The molecule has 0 saturated heterocycles. The summed E-state index contributed by atoms with van der Waals surface area (Å²) in [4.78, 5) is 20.9. The van der Waals surface area contributed by atoms with Crippen molar-refractivity contribution in [3.05, 3.63) is 27.2 Å². The Morgan fingerprint density at radius 1 is 1.53 bits per heavy atom. The highest BCUT2D eigenvalue weighted by molar-refractivity contribution is 7.13. The Kier molecular flexibility index (Phi) is 3.70. The molecule has 2 rings (SSSR count). The molecular weight excluding hydrogens is 256 g/mol. The number of carbonyl (C=O) groups is 1. The van der Waals surface area contributed by atoms with E-state index in [9.17, 15) is 4.79 Å². The topological polar surface area (TPSA) is 80.9 Å². The fourth-order valence-corrected chi connectivity index (χ4v) is 2.59. The third-order valence-electron chi connectivity index (χ3n) is 2.20. The molecule has 0 unspecified atom stereocenters. The van der Waals surface area contributed by atoms with Gasteiger partial charge in [0.2, 0.25) is 5.91 Å². The van der Waals surface area contributed by atoms with Crippen LogP contribution in [0.3, 0.4) is 0 Å². The van der Waals surface area contributed by atoms with Gasteiger partial charge in [0, 0.05) is 10.3 Å². The van der Waals surface area contributed by atoms with Crippen LogP contribution in [0, 0.1) is 6.92 Å². The number of aromatic nitrogens is 2. The number of aryl methyl sites for hydroxylation is 1. The highest BCUT2D eigenvalue weighted by Crippen LogP contribution is 2.13. The van der Waals surface area contributed by atoms with Crippen LogP contribution in [0.15, 0.2) is 10.9 Å². The molecule has 3 N–H and O–H groups in total. The van der Waals surface area contributed by atoms with Crippen LogP contribution in [0.4, 0.5) is 5.13 Å². The van der Waals surface area contributed by atoms with E-state index in [1.165, 1.54) is 11.3 Å². The predicted molar refractivity (Wildman–Crippen MR) is 68.9 cm³/mol. The van der Waals surface area contributed by atoms with Gasteiger partial charge < -0.3 is 11.1 Å². The van der Waals surface area contributed by atoms with E-state index < -0.39 is 0 Å². The van der Waals surface area contributed by atoms with E-state index in [2.05, 4.69) is 15.3 Å². The molecule has 0 fully saturated rings. The van der Waals surface area contributed by atoms with Crippen molar-refractivity contribution >= 4 is 33.7 Å². The van der Waals surface area contributed by atoms with Crippen molar-refractivity contribution in [2.45, 2.75) is 19.9 Å². The van der Waals surface area contributed by atoms with Gasteiger partial charge in [-0.2, -0.15) is 0 Å². The first-order valence-corrected chi connectivity index (χ1v) is 6.76. The van der Waals surface area contributed by atoms with Crippen molar-refractivity contribution in [3.8, 4) is 0 Å². The van der Waals surface area contributed by atoms with Crippen LogP contribution in [-0.4, -0.2) is 15.9 Å². The maximum atomic E-state index is 11.6. The van der Waals surface area contributed by atoms with Gasteiger partial charge in [-0.15, -0.1) is 22.7 Å². The largest absolute Gasteiger partial charge is 0.375 e. The Morgan fingerprint density at radius 3 is 2.94 bits per heavy atom. The molecule has 0 aromatic carbocycles. The van der Waals surface area contributed by atoms with Crippen molar-refractivity contribution in [1.29, 1.82) is 0 Å². The second-order valence-electron chi connectivity index (χ2n) is 3.49. The molecule has 2 aromatic heterocycles. The Morgan fingerprint density at radius 2 is 2.35 bits per heavy atom. The molecule has 0 aliphatic rings. The van der Waals surface area contributed by atoms with Crippen LogP contribution in [0.1, 0.15) is 16.3 Å². The average Bonchev–Trinajstić information content (AvgIpc) is 2.85. The molecule has 0 spiro atoms. The molecule has 7 heteroatoms. The van der Waals surface area contributed by atoms with E-state index in [1.807, 2.05) is 6.92 Å². The van der Waals surface area contributed by atoms with Crippen LogP contribution in [0.5, 0.6) is 0 Å². The highest BCUT2D eigenvalue weighted by atomic mass is 32.1. The molecule has 0 aliphatic heterocycles. The lowest BCUT2D eigenvalue weighted by Crippen LogP contribution is -2.24. The van der Waals surface area contributed by atoms with Crippen molar-refractivity contribution < 1.29 is 4.79 Å². The van der Waals surface area contributed by atoms with E-state index in [-0.39, 0.29) is 12.3 Å². The number of nitrogen functional groups attached to an aromatic ring is 1.